The lowest BCUT2D eigenvalue weighted by molar-refractivity contribution is -0.292. The smallest absolute Gasteiger partial charge is 0.371 e. The molecule has 0 N–H and O–H groups in total. The van der Waals surface area contributed by atoms with Crippen LogP contribution in [0.15, 0.2) is 36.4 Å². The molecule has 0 aliphatic carbocycles. The summed E-state index contributed by atoms with van der Waals surface area (Å²) in [6.07, 6.45) is -17.4. The lowest BCUT2D eigenvalue weighted by atomic mass is 10.1. The largest absolute Gasteiger partial charge is 0.415 e. The lowest BCUT2D eigenvalue weighted by Gasteiger charge is -2.38. The molecule has 4 atom stereocenters. The molecule has 5 nitrogen and oxygen atoms in total. The van der Waals surface area contributed by atoms with Gasteiger partial charge in [-0.2, -0.15) is 26.3 Å². The number of hydrogen-bond acceptors (Lipinski definition) is 5. The Labute approximate surface area is 240 Å². The van der Waals surface area contributed by atoms with Crippen molar-refractivity contribution in [2.24, 2.45) is 0 Å². The molecule has 2 aromatic carbocycles. The molecule has 2 saturated heterocycles. The molecular weight excluding hydrogens is 611 g/mol. The molecule has 2 fully saturated rings. The van der Waals surface area contributed by atoms with E-state index in [1.165, 1.54) is 34.1 Å². The molecule has 228 valence electrons. The van der Waals surface area contributed by atoms with Crippen molar-refractivity contribution in [1.82, 2.24) is 9.80 Å². The lowest BCUT2D eigenvalue weighted by Crippen LogP contribution is -2.53. The molecule has 15 heteroatoms. The third kappa shape index (κ3) is 8.65. The topological polar surface area (TPSA) is 34.2 Å². The number of morpholine rings is 2. The van der Waals surface area contributed by atoms with E-state index in [2.05, 4.69) is 0 Å². The van der Waals surface area contributed by atoms with Crippen molar-refractivity contribution in [2.45, 2.75) is 36.8 Å². The van der Waals surface area contributed by atoms with E-state index >= 15 is 0 Å². The van der Waals surface area contributed by atoms with Crippen LogP contribution in [0, 0.1) is 11.6 Å². The highest BCUT2D eigenvalue weighted by molar-refractivity contribution is 6.31. The van der Waals surface area contributed by atoms with Gasteiger partial charge in [-0.05, 0) is 35.4 Å². The second-order valence-electron chi connectivity index (χ2n) is 9.78. The average Bonchev–Trinajstić information content (AvgIpc) is 2.90. The first-order valence-electron chi connectivity index (χ1n) is 12.6. The zero-order valence-corrected chi connectivity index (χ0v) is 22.8. The van der Waals surface area contributed by atoms with E-state index in [1.807, 2.05) is 0 Å². The van der Waals surface area contributed by atoms with Crippen molar-refractivity contribution < 1.29 is 49.3 Å². The van der Waals surface area contributed by atoms with Gasteiger partial charge in [0.15, 0.2) is 12.2 Å². The zero-order valence-electron chi connectivity index (χ0n) is 21.3. The van der Waals surface area contributed by atoms with Crippen LogP contribution in [0.1, 0.15) is 23.3 Å². The Balaban J connectivity index is 1.44. The third-order valence-electron chi connectivity index (χ3n) is 6.84. The normalized spacial score (nSPS) is 23.0. The predicted octanol–water partition coefficient (Wildman–Crippen LogP) is 6.60. The minimum absolute atomic E-state index is 0.00198. The van der Waals surface area contributed by atoms with Crippen molar-refractivity contribution in [3.05, 3.63) is 69.2 Å². The number of alkyl halides is 6. The van der Waals surface area contributed by atoms with Crippen LogP contribution in [0.25, 0.3) is 0 Å². The highest BCUT2D eigenvalue weighted by Crippen LogP contribution is 2.34. The minimum Gasteiger partial charge on any atom is -0.371 e. The van der Waals surface area contributed by atoms with Gasteiger partial charge < -0.3 is 14.2 Å². The summed E-state index contributed by atoms with van der Waals surface area (Å²) in [4.78, 5) is 2.54. The number of halogens is 10. The second kappa shape index (κ2) is 13.3. The van der Waals surface area contributed by atoms with E-state index in [-0.39, 0.29) is 49.4 Å². The van der Waals surface area contributed by atoms with Crippen molar-refractivity contribution >= 4 is 23.2 Å². The summed E-state index contributed by atoms with van der Waals surface area (Å²) < 4.78 is 128. The summed E-state index contributed by atoms with van der Waals surface area (Å²) in [6, 6.07) is 7.69. The van der Waals surface area contributed by atoms with Gasteiger partial charge in [-0.3, -0.25) is 9.80 Å². The Morgan fingerprint density at radius 3 is 1.46 bits per heavy atom. The van der Waals surface area contributed by atoms with Gasteiger partial charge in [0.05, 0.1) is 35.5 Å². The molecule has 2 aliphatic heterocycles. The predicted molar refractivity (Wildman–Crippen MR) is 134 cm³/mol. The quantitative estimate of drug-likeness (QED) is 0.305. The number of ether oxygens (including phenoxy) is 3. The van der Waals surface area contributed by atoms with Crippen LogP contribution >= 0.6 is 23.2 Å². The number of rotatable bonds is 8. The number of nitrogens with zero attached hydrogens (tertiary/aromatic N) is 2. The first-order chi connectivity index (χ1) is 19.2. The van der Waals surface area contributed by atoms with Gasteiger partial charge in [0, 0.05) is 39.3 Å². The second-order valence-corrected chi connectivity index (χ2v) is 10.6. The van der Waals surface area contributed by atoms with E-state index in [9.17, 15) is 35.1 Å². The van der Waals surface area contributed by atoms with Crippen LogP contribution in [0.2, 0.25) is 10.0 Å². The fraction of sp³-hybridized carbons (Fsp3) is 0.538. The van der Waals surface area contributed by atoms with Crippen molar-refractivity contribution in [2.75, 3.05) is 52.5 Å². The Bertz CT molecular complexity index is 1100. The summed E-state index contributed by atoms with van der Waals surface area (Å²) >= 11 is 11.4. The van der Waals surface area contributed by atoms with Gasteiger partial charge in [0.25, 0.3) is 0 Å². The van der Waals surface area contributed by atoms with Crippen LogP contribution in [-0.4, -0.2) is 86.8 Å². The van der Waals surface area contributed by atoms with E-state index in [0.29, 0.717) is 11.1 Å². The Hall–Kier alpha value is -1.74. The Kier molecular flexibility index (Phi) is 10.4. The number of hydrogen-bond donors (Lipinski definition) is 0. The van der Waals surface area contributed by atoms with E-state index in [0.717, 1.165) is 12.1 Å². The number of benzene rings is 2. The molecule has 41 heavy (non-hydrogen) atoms. The van der Waals surface area contributed by atoms with Gasteiger partial charge in [-0.15, -0.1) is 0 Å². The SMILES string of the molecule is Fc1cc([C@@H]2CN(C[C@H](O[C@@H](CN3CCO[C@H](c4ccc(Cl)c(F)c4)C3)C(F)(F)F)C(F)(F)F)CCO2)ccc1Cl. The molecule has 0 bridgehead atoms. The van der Waals surface area contributed by atoms with Gasteiger partial charge in [-0.1, -0.05) is 35.3 Å². The van der Waals surface area contributed by atoms with Gasteiger partial charge in [-0.25, -0.2) is 8.78 Å². The molecule has 0 spiro atoms. The van der Waals surface area contributed by atoms with Crippen LogP contribution in [0.4, 0.5) is 35.1 Å². The minimum atomic E-state index is -5.11. The maximum absolute atomic E-state index is 14.0. The van der Waals surface area contributed by atoms with Gasteiger partial charge in [0.1, 0.15) is 11.6 Å². The molecule has 2 aliphatic rings. The zero-order chi connectivity index (χ0) is 29.9. The summed E-state index contributed by atoms with van der Waals surface area (Å²) in [6.45, 7) is -2.08. The first kappa shape index (κ1) is 32.2. The molecule has 2 heterocycles. The van der Waals surface area contributed by atoms with E-state index in [4.69, 9.17) is 37.4 Å². The molecule has 0 saturated carbocycles. The summed E-state index contributed by atoms with van der Waals surface area (Å²) in [5, 5.41) is -0.283. The fourth-order valence-electron chi connectivity index (χ4n) is 4.68. The van der Waals surface area contributed by atoms with Crippen LogP contribution < -0.4 is 0 Å². The van der Waals surface area contributed by atoms with E-state index < -0.39 is 61.5 Å². The van der Waals surface area contributed by atoms with Crippen LogP contribution in [0.5, 0.6) is 0 Å². The summed E-state index contributed by atoms with van der Waals surface area (Å²) in [5.74, 6) is -1.47. The standard InChI is InChI=1S/C26H26Cl2F8N2O3/c27-17-3-1-15(9-19(17)29)21-11-37(5-7-39-21)13-23(25(31,32)33)41-24(26(34,35)36)14-38-6-8-40-22(12-38)16-2-4-18(28)20(30)10-16/h1-4,9-10,21-24H,5-8,11-14H2/t21-,22-,23-,24-/m0/s1. The molecule has 2 aromatic rings. The van der Waals surface area contributed by atoms with Crippen LogP contribution in [0.3, 0.4) is 0 Å². The summed E-state index contributed by atoms with van der Waals surface area (Å²) in [5.41, 5.74) is 0.661. The van der Waals surface area contributed by atoms with Crippen LogP contribution in [-0.2, 0) is 14.2 Å². The first-order valence-corrected chi connectivity index (χ1v) is 13.3. The molecule has 0 radical (unpaired) electrons. The fourth-order valence-corrected chi connectivity index (χ4v) is 4.92. The Morgan fingerprint density at radius 1 is 0.732 bits per heavy atom. The van der Waals surface area contributed by atoms with Crippen molar-refractivity contribution in [3.63, 3.8) is 0 Å². The average molecular weight is 637 g/mol. The third-order valence-corrected chi connectivity index (χ3v) is 7.45. The maximum atomic E-state index is 14.0. The van der Waals surface area contributed by atoms with E-state index in [1.54, 1.807) is 0 Å². The molecule has 0 amide bonds. The molecule has 4 rings (SSSR count). The highest BCUT2D eigenvalue weighted by Gasteiger charge is 2.50. The molecule has 0 unspecified atom stereocenters. The van der Waals surface area contributed by atoms with Gasteiger partial charge >= 0.3 is 12.4 Å². The van der Waals surface area contributed by atoms with Gasteiger partial charge in [0.2, 0.25) is 0 Å². The monoisotopic (exact) mass is 636 g/mol. The molecule has 0 aromatic heterocycles. The molecular formula is C26H26Cl2F8N2O3. The summed E-state index contributed by atoms with van der Waals surface area (Å²) in [7, 11) is 0. The highest BCUT2D eigenvalue weighted by atomic mass is 35.5. The van der Waals surface area contributed by atoms with Crippen molar-refractivity contribution in [1.29, 1.82) is 0 Å². The van der Waals surface area contributed by atoms with Crippen molar-refractivity contribution in [3.8, 4) is 0 Å². The Morgan fingerprint density at radius 2 is 1.12 bits per heavy atom. The maximum Gasteiger partial charge on any atom is 0.415 e.